The number of rotatable bonds is 4. The zero-order valence-electron chi connectivity index (χ0n) is 14.5. The van der Waals surface area contributed by atoms with Crippen molar-refractivity contribution in [3.05, 3.63) is 0 Å². The van der Waals surface area contributed by atoms with Gasteiger partial charge in [-0.05, 0) is 58.0 Å². The summed E-state index contributed by atoms with van der Waals surface area (Å²) >= 11 is 0. The number of piperidine rings is 1. The molecule has 0 amide bonds. The van der Waals surface area contributed by atoms with Crippen LogP contribution in [0.1, 0.15) is 57.8 Å². The van der Waals surface area contributed by atoms with Gasteiger partial charge in [-0.25, -0.2) is 0 Å². The van der Waals surface area contributed by atoms with E-state index in [-0.39, 0.29) is 18.0 Å². The Morgan fingerprint density at radius 3 is 2.38 bits per heavy atom. The first kappa shape index (κ1) is 18.5. The summed E-state index contributed by atoms with van der Waals surface area (Å²) in [5.41, 5.74) is 0.0871. The van der Waals surface area contributed by atoms with Gasteiger partial charge >= 0.3 is 6.18 Å². The molecule has 140 valence electrons. The first-order chi connectivity index (χ1) is 11.5. The van der Waals surface area contributed by atoms with Gasteiger partial charge in [0.25, 0.3) is 0 Å². The van der Waals surface area contributed by atoms with Gasteiger partial charge in [0.05, 0.1) is 5.92 Å². The Morgan fingerprint density at radius 1 is 1.00 bits per heavy atom. The second-order valence-electron chi connectivity index (χ2n) is 7.87. The predicted octanol–water partition coefficient (Wildman–Crippen LogP) is 3.73. The third-order valence-corrected chi connectivity index (χ3v) is 6.31. The number of hydrogen-bond donors (Lipinski definition) is 1. The molecule has 3 aliphatic rings. The van der Waals surface area contributed by atoms with Crippen molar-refractivity contribution in [2.45, 2.75) is 75.5 Å². The standard InChI is InChI=1S/C18H31F3N2O/c19-18(20,21)15-5-4-6-16(13-15)22-14-17(7-11-24-12-8-17)23-9-2-1-3-10-23/h15-16,22H,1-14H2. The lowest BCUT2D eigenvalue weighted by atomic mass is 9.83. The molecule has 1 N–H and O–H groups in total. The van der Waals surface area contributed by atoms with Gasteiger partial charge < -0.3 is 10.1 Å². The van der Waals surface area contributed by atoms with Gasteiger partial charge in [-0.2, -0.15) is 13.2 Å². The highest BCUT2D eigenvalue weighted by Gasteiger charge is 2.43. The van der Waals surface area contributed by atoms with Crippen LogP contribution in [-0.2, 0) is 4.74 Å². The second kappa shape index (κ2) is 7.92. The van der Waals surface area contributed by atoms with Crippen LogP contribution in [0, 0.1) is 5.92 Å². The maximum absolute atomic E-state index is 13.0. The van der Waals surface area contributed by atoms with E-state index in [2.05, 4.69) is 10.2 Å². The Hall–Kier alpha value is -0.330. The van der Waals surface area contributed by atoms with Crippen molar-refractivity contribution in [2.75, 3.05) is 32.8 Å². The van der Waals surface area contributed by atoms with Crippen LogP contribution in [0.2, 0.25) is 0 Å². The van der Waals surface area contributed by atoms with E-state index >= 15 is 0 Å². The van der Waals surface area contributed by atoms with E-state index in [0.717, 1.165) is 52.1 Å². The molecule has 6 heteroatoms. The number of alkyl halides is 3. The van der Waals surface area contributed by atoms with E-state index < -0.39 is 12.1 Å². The molecule has 0 spiro atoms. The average molecular weight is 348 g/mol. The minimum atomic E-state index is -4.04. The summed E-state index contributed by atoms with van der Waals surface area (Å²) in [6.07, 6.45) is 3.83. The molecule has 3 rings (SSSR count). The maximum atomic E-state index is 13.0. The molecule has 0 aromatic carbocycles. The molecule has 1 saturated carbocycles. The Balaban J connectivity index is 1.59. The molecule has 2 heterocycles. The fourth-order valence-electron chi connectivity index (χ4n) is 4.73. The van der Waals surface area contributed by atoms with Gasteiger partial charge in [0.2, 0.25) is 0 Å². The first-order valence-corrected chi connectivity index (χ1v) is 9.62. The number of nitrogens with zero attached hydrogens (tertiary/aromatic N) is 1. The average Bonchev–Trinajstić information content (AvgIpc) is 2.61. The largest absolute Gasteiger partial charge is 0.391 e. The molecule has 3 fully saturated rings. The normalized spacial score (nSPS) is 32.6. The van der Waals surface area contributed by atoms with Crippen LogP contribution < -0.4 is 5.32 Å². The van der Waals surface area contributed by atoms with Crippen molar-refractivity contribution in [2.24, 2.45) is 5.92 Å². The maximum Gasteiger partial charge on any atom is 0.391 e. The van der Waals surface area contributed by atoms with Crippen molar-refractivity contribution in [1.29, 1.82) is 0 Å². The fraction of sp³-hybridized carbons (Fsp3) is 1.00. The van der Waals surface area contributed by atoms with Crippen molar-refractivity contribution in [1.82, 2.24) is 10.2 Å². The van der Waals surface area contributed by atoms with Crippen LogP contribution in [-0.4, -0.2) is 55.5 Å². The topological polar surface area (TPSA) is 24.5 Å². The minimum Gasteiger partial charge on any atom is -0.381 e. The summed E-state index contributed by atoms with van der Waals surface area (Å²) in [6.45, 7) is 4.60. The second-order valence-corrected chi connectivity index (χ2v) is 7.87. The van der Waals surface area contributed by atoms with Crippen LogP contribution in [0.4, 0.5) is 13.2 Å². The predicted molar refractivity (Wildman–Crippen MR) is 88.0 cm³/mol. The van der Waals surface area contributed by atoms with E-state index in [1.165, 1.54) is 19.3 Å². The molecule has 24 heavy (non-hydrogen) atoms. The summed E-state index contributed by atoms with van der Waals surface area (Å²) in [7, 11) is 0. The lowest BCUT2D eigenvalue weighted by Gasteiger charge is -2.49. The van der Waals surface area contributed by atoms with E-state index in [1.54, 1.807) is 0 Å². The Bertz CT molecular complexity index is 390. The smallest absolute Gasteiger partial charge is 0.381 e. The summed E-state index contributed by atoms with van der Waals surface area (Å²) in [5.74, 6) is -1.12. The van der Waals surface area contributed by atoms with Gasteiger partial charge in [-0.3, -0.25) is 4.90 Å². The Kier molecular flexibility index (Phi) is 6.09. The van der Waals surface area contributed by atoms with E-state index in [4.69, 9.17) is 4.74 Å². The summed E-state index contributed by atoms with van der Waals surface area (Å²) in [6, 6.07) is 0.00915. The SMILES string of the molecule is FC(F)(F)C1CCCC(NCC2(N3CCCCC3)CCOCC2)C1. The quantitative estimate of drug-likeness (QED) is 0.838. The lowest BCUT2D eigenvalue weighted by molar-refractivity contribution is -0.183. The van der Waals surface area contributed by atoms with Crippen LogP contribution >= 0.6 is 0 Å². The molecule has 2 unspecified atom stereocenters. The molecular formula is C18H31F3N2O. The van der Waals surface area contributed by atoms with E-state index in [0.29, 0.717) is 12.8 Å². The first-order valence-electron chi connectivity index (χ1n) is 9.62. The van der Waals surface area contributed by atoms with Crippen LogP contribution in [0.3, 0.4) is 0 Å². The third-order valence-electron chi connectivity index (χ3n) is 6.31. The molecule has 3 nitrogen and oxygen atoms in total. The highest BCUT2D eigenvalue weighted by molar-refractivity contribution is 4.97. The number of ether oxygens (including phenoxy) is 1. The molecule has 0 aromatic rings. The highest BCUT2D eigenvalue weighted by atomic mass is 19.4. The van der Waals surface area contributed by atoms with Crippen molar-refractivity contribution < 1.29 is 17.9 Å². The van der Waals surface area contributed by atoms with Gasteiger partial charge in [-0.1, -0.05) is 12.8 Å². The summed E-state index contributed by atoms with van der Waals surface area (Å²) < 4.78 is 44.6. The van der Waals surface area contributed by atoms with Crippen molar-refractivity contribution in [3.63, 3.8) is 0 Å². The Morgan fingerprint density at radius 2 is 1.71 bits per heavy atom. The zero-order valence-corrected chi connectivity index (χ0v) is 14.5. The molecule has 1 aliphatic carbocycles. The fourth-order valence-corrected chi connectivity index (χ4v) is 4.73. The Labute approximate surface area is 143 Å². The summed E-state index contributed by atoms with van der Waals surface area (Å²) in [5, 5.41) is 3.53. The molecule has 2 atom stereocenters. The molecular weight excluding hydrogens is 317 g/mol. The van der Waals surface area contributed by atoms with Crippen molar-refractivity contribution >= 4 is 0 Å². The van der Waals surface area contributed by atoms with Gasteiger partial charge in [0.15, 0.2) is 0 Å². The van der Waals surface area contributed by atoms with Crippen LogP contribution in [0.25, 0.3) is 0 Å². The van der Waals surface area contributed by atoms with Gasteiger partial charge in [0.1, 0.15) is 0 Å². The third kappa shape index (κ3) is 4.44. The van der Waals surface area contributed by atoms with Gasteiger partial charge in [-0.15, -0.1) is 0 Å². The molecule has 2 saturated heterocycles. The molecule has 0 radical (unpaired) electrons. The van der Waals surface area contributed by atoms with E-state index in [1.807, 2.05) is 0 Å². The molecule has 2 aliphatic heterocycles. The molecule has 0 aromatic heterocycles. The highest BCUT2D eigenvalue weighted by Crippen LogP contribution is 2.38. The number of halogens is 3. The number of hydrogen-bond acceptors (Lipinski definition) is 3. The molecule has 0 bridgehead atoms. The monoisotopic (exact) mass is 348 g/mol. The summed E-state index contributed by atoms with van der Waals surface area (Å²) in [4.78, 5) is 2.59. The van der Waals surface area contributed by atoms with Gasteiger partial charge in [0, 0.05) is 31.3 Å². The van der Waals surface area contributed by atoms with Crippen molar-refractivity contribution in [3.8, 4) is 0 Å². The minimum absolute atomic E-state index is 0.00915. The number of nitrogens with one attached hydrogen (secondary N) is 1. The van der Waals surface area contributed by atoms with Crippen LogP contribution in [0.15, 0.2) is 0 Å². The number of likely N-dealkylation sites (tertiary alicyclic amines) is 1. The zero-order chi connectivity index (χ0) is 17.0. The lowest BCUT2D eigenvalue weighted by Crippen LogP contribution is -2.60. The van der Waals surface area contributed by atoms with E-state index in [9.17, 15) is 13.2 Å². The van der Waals surface area contributed by atoms with Crippen LogP contribution in [0.5, 0.6) is 0 Å².